The number of aryl methyl sites for hydroxylation is 2. The second kappa shape index (κ2) is 7.11. The molecule has 3 atom stereocenters. The van der Waals surface area contributed by atoms with Crippen LogP contribution in [0.25, 0.3) is 0 Å². The molecule has 2 aliphatic heterocycles. The maximum atomic E-state index is 13.1. The Morgan fingerprint density at radius 1 is 1.29 bits per heavy atom. The molecule has 1 N–H and O–H groups in total. The minimum absolute atomic E-state index is 0.0191. The normalized spacial score (nSPS) is 27.3. The van der Waals surface area contributed by atoms with Crippen LogP contribution in [0.4, 0.5) is 0 Å². The van der Waals surface area contributed by atoms with E-state index >= 15 is 0 Å². The fourth-order valence-electron chi connectivity index (χ4n) is 4.17. The number of rotatable bonds is 3. The molecule has 0 saturated carbocycles. The molecule has 2 heterocycles. The largest absolute Gasteiger partial charge is 0.496 e. The van der Waals surface area contributed by atoms with Gasteiger partial charge in [0.05, 0.1) is 19.8 Å². The molecule has 0 aliphatic carbocycles. The summed E-state index contributed by atoms with van der Waals surface area (Å²) in [7, 11) is 1.65. The van der Waals surface area contributed by atoms with Crippen molar-refractivity contribution in [2.75, 3.05) is 26.9 Å². The smallest absolute Gasteiger partial charge is 0.254 e. The van der Waals surface area contributed by atoms with Crippen molar-refractivity contribution < 1.29 is 19.4 Å². The van der Waals surface area contributed by atoms with Crippen molar-refractivity contribution in [1.29, 1.82) is 0 Å². The molecule has 5 nitrogen and oxygen atoms in total. The van der Waals surface area contributed by atoms with Crippen LogP contribution >= 0.6 is 0 Å². The van der Waals surface area contributed by atoms with Gasteiger partial charge in [-0.05, 0) is 56.4 Å². The number of likely N-dealkylation sites (tertiary alicyclic amines) is 1. The van der Waals surface area contributed by atoms with Gasteiger partial charge in [-0.3, -0.25) is 4.79 Å². The van der Waals surface area contributed by atoms with Gasteiger partial charge in [-0.1, -0.05) is 0 Å². The van der Waals surface area contributed by atoms with Gasteiger partial charge in [-0.15, -0.1) is 0 Å². The van der Waals surface area contributed by atoms with Crippen LogP contribution in [0.5, 0.6) is 5.75 Å². The van der Waals surface area contributed by atoms with Gasteiger partial charge in [0.25, 0.3) is 5.91 Å². The highest BCUT2D eigenvalue weighted by molar-refractivity contribution is 5.95. The number of carbonyl (C=O) groups is 1. The topological polar surface area (TPSA) is 59.0 Å². The molecular weight excluding hydrogens is 306 g/mol. The average Bonchev–Trinajstić information content (AvgIpc) is 3.03. The molecule has 2 saturated heterocycles. The van der Waals surface area contributed by atoms with E-state index in [-0.39, 0.29) is 24.0 Å². The van der Waals surface area contributed by atoms with Crippen molar-refractivity contribution in [2.45, 2.75) is 45.3 Å². The van der Waals surface area contributed by atoms with E-state index in [0.29, 0.717) is 25.2 Å². The number of amides is 1. The van der Waals surface area contributed by atoms with Crippen LogP contribution in [0, 0.1) is 19.8 Å². The summed E-state index contributed by atoms with van der Waals surface area (Å²) in [5.41, 5.74) is 2.64. The first-order valence-electron chi connectivity index (χ1n) is 8.75. The monoisotopic (exact) mass is 333 g/mol. The van der Waals surface area contributed by atoms with Crippen molar-refractivity contribution in [3.05, 3.63) is 28.8 Å². The zero-order chi connectivity index (χ0) is 17.3. The second-order valence-corrected chi connectivity index (χ2v) is 6.95. The maximum absolute atomic E-state index is 13.1. The molecule has 1 aromatic rings. The van der Waals surface area contributed by atoms with E-state index in [4.69, 9.17) is 9.47 Å². The predicted molar refractivity (Wildman–Crippen MR) is 91.5 cm³/mol. The molecule has 0 bridgehead atoms. The highest BCUT2D eigenvalue weighted by Crippen LogP contribution is 2.32. The molecule has 0 aromatic heterocycles. The van der Waals surface area contributed by atoms with Crippen molar-refractivity contribution in [1.82, 2.24) is 4.90 Å². The first-order valence-corrected chi connectivity index (χ1v) is 8.75. The van der Waals surface area contributed by atoms with E-state index in [1.54, 1.807) is 7.11 Å². The van der Waals surface area contributed by atoms with Crippen molar-refractivity contribution in [2.24, 2.45) is 5.92 Å². The van der Waals surface area contributed by atoms with Gasteiger partial charge in [0, 0.05) is 30.7 Å². The summed E-state index contributed by atoms with van der Waals surface area (Å²) in [6, 6.07) is 3.87. The van der Waals surface area contributed by atoms with Gasteiger partial charge >= 0.3 is 0 Å². The summed E-state index contributed by atoms with van der Waals surface area (Å²) in [6.07, 6.45) is 2.19. The third-order valence-corrected chi connectivity index (χ3v) is 5.33. The quantitative estimate of drug-likeness (QED) is 0.922. The lowest BCUT2D eigenvalue weighted by molar-refractivity contribution is -0.0589. The zero-order valence-electron chi connectivity index (χ0n) is 14.7. The molecule has 2 fully saturated rings. The van der Waals surface area contributed by atoms with E-state index in [1.165, 1.54) is 0 Å². The number of hydrogen-bond acceptors (Lipinski definition) is 4. The summed E-state index contributed by atoms with van der Waals surface area (Å²) in [5.74, 6) is 0.899. The summed E-state index contributed by atoms with van der Waals surface area (Å²) >= 11 is 0. The van der Waals surface area contributed by atoms with Gasteiger partial charge in [-0.25, -0.2) is 0 Å². The summed E-state index contributed by atoms with van der Waals surface area (Å²) in [5, 5.41) is 10.3. The van der Waals surface area contributed by atoms with E-state index in [9.17, 15) is 9.90 Å². The molecule has 0 unspecified atom stereocenters. The van der Waals surface area contributed by atoms with Crippen LogP contribution < -0.4 is 4.74 Å². The van der Waals surface area contributed by atoms with Crippen LogP contribution in [0.15, 0.2) is 12.1 Å². The van der Waals surface area contributed by atoms with E-state index in [1.807, 2.05) is 30.9 Å². The number of hydrogen-bond donors (Lipinski definition) is 1. The molecule has 24 heavy (non-hydrogen) atoms. The Hall–Kier alpha value is -1.59. The number of carbonyl (C=O) groups excluding carboxylic acids is 1. The fourth-order valence-corrected chi connectivity index (χ4v) is 4.17. The van der Waals surface area contributed by atoms with Crippen LogP contribution in [-0.2, 0) is 4.74 Å². The Morgan fingerprint density at radius 3 is 2.62 bits per heavy atom. The van der Waals surface area contributed by atoms with E-state index in [0.717, 1.165) is 36.3 Å². The zero-order valence-corrected chi connectivity index (χ0v) is 14.7. The average molecular weight is 333 g/mol. The van der Waals surface area contributed by atoms with Gasteiger partial charge in [0.2, 0.25) is 0 Å². The number of aliphatic hydroxyl groups excluding tert-OH is 1. The predicted octanol–water partition coefficient (Wildman–Crippen LogP) is 2.31. The lowest BCUT2D eigenvalue weighted by Crippen LogP contribution is -2.48. The van der Waals surface area contributed by atoms with Gasteiger partial charge in [0.15, 0.2) is 0 Å². The molecule has 1 aromatic carbocycles. The third-order valence-electron chi connectivity index (χ3n) is 5.33. The Balaban J connectivity index is 1.83. The number of methoxy groups -OCH3 is 1. The minimum Gasteiger partial charge on any atom is -0.496 e. The minimum atomic E-state index is -0.378. The molecular formula is C19H27NO4. The standard InChI is InChI=1S/C19H27NO4/c1-12-9-14(10-13(2)18(12)23-3)19(22)20-7-4-5-16(20)15-11-24-8-6-17(15)21/h9-10,15-17,21H,4-8,11H2,1-3H3/t15-,16+,17-/m0/s1. The van der Waals surface area contributed by atoms with Crippen LogP contribution in [0.2, 0.25) is 0 Å². The second-order valence-electron chi connectivity index (χ2n) is 6.95. The molecule has 0 spiro atoms. The number of nitrogens with zero attached hydrogens (tertiary/aromatic N) is 1. The maximum Gasteiger partial charge on any atom is 0.254 e. The molecule has 2 aliphatic rings. The Kier molecular flexibility index (Phi) is 5.11. The lowest BCUT2D eigenvalue weighted by Gasteiger charge is -2.37. The van der Waals surface area contributed by atoms with E-state index < -0.39 is 0 Å². The van der Waals surface area contributed by atoms with Gasteiger partial charge in [-0.2, -0.15) is 0 Å². The first kappa shape index (κ1) is 17.2. The highest BCUT2D eigenvalue weighted by Gasteiger charge is 2.39. The lowest BCUT2D eigenvalue weighted by atomic mass is 9.89. The molecule has 0 radical (unpaired) electrons. The number of ether oxygens (including phenoxy) is 2. The molecule has 132 valence electrons. The molecule has 1 amide bonds. The summed E-state index contributed by atoms with van der Waals surface area (Å²) in [4.78, 5) is 15.0. The Labute approximate surface area is 143 Å². The van der Waals surface area contributed by atoms with Crippen LogP contribution in [0.3, 0.4) is 0 Å². The van der Waals surface area contributed by atoms with Gasteiger partial charge in [0.1, 0.15) is 5.75 Å². The van der Waals surface area contributed by atoms with Gasteiger partial charge < -0.3 is 19.5 Å². The molecule has 3 rings (SSSR count). The van der Waals surface area contributed by atoms with Crippen molar-refractivity contribution >= 4 is 5.91 Å². The summed E-state index contributed by atoms with van der Waals surface area (Å²) < 4.78 is 10.9. The number of benzene rings is 1. The summed E-state index contributed by atoms with van der Waals surface area (Å²) in [6.45, 7) is 5.81. The van der Waals surface area contributed by atoms with Crippen LogP contribution in [0.1, 0.15) is 40.7 Å². The Morgan fingerprint density at radius 2 is 2.00 bits per heavy atom. The van der Waals surface area contributed by atoms with Crippen molar-refractivity contribution in [3.63, 3.8) is 0 Å². The van der Waals surface area contributed by atoms with E-state index in [2.05, 4.69) is 0 Å². The fraction of sp³-hybridized carbons (Fsp3) is 0.632. The van der Waals surface area contributed by atoms with Crippen molar-refractivity contribution in [3.8, 4) is 5.75 Å². The van der Waals surface area contributed by atoms with Crippen LogP contribution in [-0.4, -0.2) is 54.9 Å². The third kappa shape index (κ3) is 3.15. The SMILES string of the molecule is COc1c(C)cc(C(=O)N2CCC[C@@H]2[C@@H]2COCC[C@@H]2O)cc1C. The number of aliphatic hydroxyl groups is 1. The first-order chi connectivity index (χ1) is 11.5. The Bertz CT molecular complexity index is 592. The molecule has 5 heteroatoms. The highest BCUT2D eigenvalue weighted by atomic mass is 16.5.